The Hall–Kier alpha value is -0.850. The lowest BCUT2D eigenvalue weighted by Gasteiger charge is -2.17. The molecule has 0 aliphatic rings. The van der Waals surface area contributed by atoms with Crippen LogP contribution in [0.4, 0.5) is 4.39 Å². The Morgan fingerprint density at radius 2 is 1.88 bits per heavy atom. The number of rotatable bonds is 7. The molecule has 0 heterocycles. The van der Waals surface area contributed by atoms with Crippen molar-refractivity contribution in [2.24, 2.45) is 5.92 Å². The highest BCUT2D eigenvalue weighted by molar-refractivity contribution is 5.19. The summed E-state index contributed by atoms with van der Waals surface area (Å²) >= 11 is 0. The van der Waals surface area contributed by atoms with Crippen LogP contribution in [0.25, 0.3) is 0 Å². The maximum absolute atomic E-state index is 13.1. The van der Waals surface area contributed by atoms with Gasteiger partial charge in [-0.05, 0) is 42.4 Å². The van der Waals surface area contributed by atoms with Gasteiger partial charge in [0, 0.05) is 0 Å². The van der Waals surface area contributed by atoms with E-state index < -0.39 is 0 Å². The highest BCUT2D eigenvalue weighted by Crippen LogP contribution is 2.26. The number of hydrogen-bond acceptors (Lipinski definition) is 0. The van der Waals surface area contributed by atoms with Gasteiger partial charge in [-0.1, -0.05) is 52.2 Å². The van der Waals surface area contributed by atoms with Crippen molar-refractivity contribution in [2.75, 3.05) is 0 Å². The third-order valence-electron chi connectivity index (χ3n) is 3.70. The van der Waals surface area contributed by atoms with Crippen LogP contribution in [0, 0.1) is 11.7 Å². The molecule has 96 valence electrons. The van der Waals surface area contributed by atoms with Gasteiger partial charge in [-0.15, -0.1) is 0 Å². The largest absolute Gasteiger partial charge is 0.207 e. The average Bonchev–Trinajstić information content (AvgIpc) is 2.34. The topological polar surface area (TPSA) is 0 Å². The zero-order chi connectivity index (χ0) is 12.7. The smallest absolute Gasteiger partial charge is 0.123 e. The summed E-state index contributed by atoms with van der Waals surface area (Å²) in [6.45, 7) is 6.72. The van der Waals surface area contributed by atoms with E-state index in [0.29, 0.717) is 5.92 Å². The lowest BCUT2D eigenvalue weighted by Crippen LogP contribution is -2.02. The molecule has 2 atom stereocenters. The zero-order valence-electron chi connectivity index (χ0n) is 11.4. The first-order valence-electron chi connectivity index (χ1n) is 6.92. The molecule has 0 aromatic heterocycles. The fourth-order valence-corrected chi connectivity index (χ4v) is 2.43. The van der Waals surface area contributed by atoms with Gasteiger partial charge < -0.3 is 0 Å². The number of halogens is 1. The van der Waals surface area contributed by atoms with Crippen molar-refractivity contribution in [2.45, 2.75) is 58.8 Å². The third-order valence-corrected chi connectivity index (χ3v) is 3.70. The summed E-state index contributed by atoms with van der Waals surface area (Å²) in [6, 6.07) is 7.03. The Labute approximate surface area is 105 Å². The molecule has 1 aromatic rings. The van der Waals surface area contributed by atoms with Crippen LogP contribution < -0.4 is 0 Å². The fraction of sp³-hybridized carbons (Fsp3) is 0.625. The van der Waals surface area contributed by atoms with Crippen LogP contribution in [0.3, 0.4) is 0 Å². The minimum Gasteiger partial charge on any atom is -0.207 e. The molecule has 0 aliphatic carbocycles. The Kier molecular flexibility index (Phi) is 6.25. The molecule has 0 aliphatic heterocycles. The molecule has 0 bridgehead atoms. The van der Waals surface area contributed by atoms with Gasteiger partial charge >= 0.3 is 0 Å². The van der Waals surface area contributed by atoms with Crippen LogP contribution >= 0.6 is 0 Å². The first-order valence-corrected chi connectivity index (χ1v) is 6.92. The van der Waals surface area contributed by atoms with Gasteiger partial charge in [-0.3, -0.25) is 0 Å². The molecule has 1 aromatic carbocycles. The van der Waals surface area contributed by atoms with Crippen LogP contribution in [-0.4, -0.2) is 0 Å². The van der Waals surface area contributed by atoms with Crippen LogP contribution in [0.5, 0.6) is 0 Å². The Morgan fingerprint density at radius 1 is 1.12 bits per heavy atom. The van der Waals surface area contributed by atoms with Crippen molar-refractivity contribution >= 4 is 0 Å². The molecule has 1 rings (SSSR count). The van der Waals surface area contributed by atoms with Gasteiger partial charge in [0.2, 0.25) is 0 Å². The zero-order valence-corrected chi connectivity index (χ0v) is 11.4. The van der Waals surface area contributed by atoms with Crippen LogP contribution in [0.1, 0.15) is 64.4 Å². The summed E-state index contributed by atoms with van der Waals surface area (Å²) in [5.74, 6) is 1.20. The lowest BCUT2D eigenvalue weighted by atomic mass is 9.88. The minimum absolute atomic E-state index is 0.116. The second-order valence-electron chi connectivity index (χ2n) is 5.10. The quantitative estimate of drug-likeness (QED) is 0.583. The summed E-state index contributed by atoms with van der Waals surface area (Å²) < 4.78 is 13.1. The van der Waals surface area contributed by atoms with E-state index in [1.165, 1.54) is 38.2 Å². The van der Waals surface area contributed by atoms with E-state index in [-0.39, 0.29) is 5.82 Å². The molecule has 0 spiro atoms. The fourth-order valence-electron chi connectivity index (χ4n) is 2.43. The Bertz CT molecular complexity index is 319. The molecule has 0 N–H and O–H groups in total. The highest BCUT2D eigenvalue weighted by atomic mass is 19.1. The first kappa shape index (κ1) is 14.2. The van der Waals surface area contributed by atoms with E-state index in [1.54, 1.807) is 6.07 Å². The van der Waals surface area contributed by atoms with Crippen molar-refractivity contribution in [1.29, 1.82) is 0 Å². The normalized spacial score (nSPS) is 14.6. The van der Waals surface area contributed by atoms with Gasteiger partial charge in [-0.2, -0.15) is 0 Å². The maximum atomic E-state index is 13.1. The standard InChI is InChI=1S/C16H25F/c1-4-7-14(5-2)11-10-13(3)15-8-6-9-16(17)12-15/h6,8-9,12-14H,4-5,7,10-11H2,1-3H3. The third kappa shape index (κ3) is 4.89. The molecule has 17 heavy (non-hydrogen) atoms. The predicted octanol–water partition coefficient (Wildman–Crippen LogP) is 5.54. The maximum Gasteiger partial charge on any atom is 0.123 e. The van der Waals surface area contributed by atoms with E-state index in [9.17, 15) is 4.39 Å². The lowest BCUT2D eigenvalue weighted by molar-refractivity contribution is 0.405. The molecule has 2 unspecified atom stereocenters. The highest BCUT2D eigenvalue weighted by Gasteiger charge is 2.10. The summed E-state index contributed by atoms with van der Waals surface area (Å²) in [5, 5.41) is 0. The molecular weight excluding hydrogens is 211 g/mol. The monoisotopic (exact) mass is 236 g/mol. The molecular formula is C16H25F. The van der Waals surface area contributed by atoms with Gasteiger partial charge in [0.1, 0.15) is 5.82 Å². The van der Waals surface area contributed by atoms with Crippen molar-refractivity contribution < 1.29 is 4.39 Å². The SMILES string of the molecule is CCCC(CC)CCC(C)c1cccc(F)c1. The van der Waals surface area contributed by atoms with Crippen molar-refractivity contribution in [1.82, 2.24) is 0 Å². The Balaban J connectivity index is 2.46. The molecule has 0 saturated carbocycles. The van der Waals surface area contributed by atoms with Crippen LogP contribution in [0.15, 0.2) is 24.3 Å². The molecule has 0 saturated heterocycles. The van der Waals surface area contributed by atoms with Gasteiger partial charge in [0.15, 0.2) is 0 Å². The van der Waals surface area contributed by atoms with Crippen molar-refractivity contribution in [3.8, 4) is 0 Å². The van der Waals surface area contributed by atoms with Crippen LogP contribution in [-0.2, 0) is 0 Å². The second kappa shape index (κ2) is 7.47. The average molecular weight is 236 g/mol. The molecule has 0 radical (unpaired) electrons. The van der Waals surface area contributed by atoms with E-state index in [4.69, 9.17) is 0 Å². The number of benzene rings is 1. The second-order valence-corrected chi connectivity index (χ2v) is 5.10. The van der Waals surface area contributed by atoms with Crippen LogP contribution in [0.2, 0.25) is 0 Å². The molecule has 0 nitrogen and oxygen atoms in total. The summed E-state index contributed by atoms with van der Waals surface area (Å²) in [4.78, 5) is 0. The first-order chi connectivity index (χ1) is 8.17. The van der Waals surface area contributed by atoms with E-state index in [2.05, 4.69) is 20.8 Å². The Morgan fingerprint density at radius 3 is 2.47 bits per heavy atom. The van der Waals surface area contributed by atoms with Gasteiger partial charge in [0.25, 0.3) is 0 Å². The molecule has 0 fully saturated rings. The van der Waals surface area contributed by atoms with Gasteiger partial charge in [-0.25, -0.2) is 4.39 Å². The van der Waals surface area contributed by atoms with Crippen molar-refractivity contribution in [3.05, 3.63) is 35.6 Å². The summed E-state index contributed by atoms with van der Waals surface area (Å²) in [6.07, 6.45) is 6.30. The predicted molar refractivity (Wildman–Crippen MR) is 72.7 cm³/mol. The molecule has 1 heteroatoms. The summed E-state index contributed by atoms with van der Waals surface area (Å²) in [5.41, 5.74) is 1.14. The van der Waals surface area contributed by atoms with E-state index in [0.717, 1.165) is 11.5 Å². The minimum atomic E-state index is -0.116. The molecule has 0 amide bonds. The van der Waals surface area contributed by atoms with E-state index in [1.807, 2.05) is 12.1 Å². The number of hydrogen-bond donors (Lipinski definition) is 0. The summed E-state index contributed by atoms with van der Waals surface area (Å²) in [7, 11) is 0. The van der Waals surface area contributed by atoms with E-state index >= 15 is 0 Å². The van der Waals surface area contributed by atoms with Crippen molar-refractivity contribution in [3.63, 3.8) is 0 Å². The van der Waals surface area contributed by atoms with Gasteiger partial charge in [0.05, 0.1) is 0 Å².